The lowest BCUT2D eigenvalue weighted by Crippen LogP contribution is -2.86. The molecule has 0 heterocycles. The highest BCUT2D eigenvalue weighted by Gasteiger charge is 1.97. The third kappa shape index (κ3) is 7.96. The van der Waals surface area contributed by atoms with Crippen LogP contribution in [0.1, 0.15) is 29.1 Å². The summed E-state index contributed by atoms with van der Waals surface area (Å²) in [4.78, 5) is 0. The maximum Gasteiger partial charge on any atom is 0.0778 e. The van der Waals surface area contributed by atoms with E-state index < -0.39 is 0 Å². The third-order valence-electron chi connectivity index (χ3n) is 1.28. The van der Waals surface area contributed by atoms with E-state index in [1.807, 2.05) is 0 Å². The summed E-state index contributed by atoms with van der Waals surface area (Å²) in [6, 6.07) is 0. The highest BCUT2D eigenvalue weighted by Crippen LogP contribution is 1.84. The minimum Gasteiger partial charge on any atom is -1.00 e. The van der Waals surface area contributed by atoms with Crippen molar-refractivity contribution in [3.8, 4) is 0 Å². The predicted molar refractivity (Wildman–Crippen MR) is 42.4 cm³/mol. The van der Waals surface area contributed by atoms with Crippen LogP contribution in [0.25, 0.3) is 0 Å². The Morgan fingerprint density at radius 1 is 1.00 bits per heavy atom. The van der Waals surface area contributed by atoms with Gasteiger partial charge in [-0.05, 0) is 0 Å². The Hall–Kier alpha value is -0.0400. The molecule has 0 bridgehead atoms. The second-order valence-corrected chi connectivity index (χ2v) is 3.55. The van der Waals surface area contributed by atoms with E-state index >= 15 is 0 Å². The number of nitrogens with two attached hydrogens (primary N) is 1. The molecular weight excluding hydrogens is 110 g/mol. The summed E-state index contributed by atoms with van der Waals surface area (Å²) < 4.78 is 0. The van der Waals surface area contributed by atoms with E-state index in [1.54, 1.807) is 0 Å². The van der Waals surface area contributed by atoms with Gasteiger partial charge in [-0.3, -0.25) is 0 Å². The molecule has 0 saturated heterocycles. The van der Waals surface area contributed by atoms with Gasteiger partial charge in [0.15, 0.2) is 0 Å². The standard InChI is InChI=1S/C8H19N.H/c1-7(2)5-9-6-8(3)4;/h7-9H,5-6H2,1-4H3;/q;-1/p+1. The third-order valence-corrected chi connectivity index (χ3v) is 1.28. The lowest BCUT2D eigenvalue weighted by Gasteiger charge is -2.05. The summed E-state index contributed by atoms with van der Waals surface area (Å²) in [6.07, 6.45) is 0. The summed E-state index contributed by atoms with van der Waals surface area (Å²) in [5.74, 6) is 1.67. The smallest absolute Gasteiger partial charge is 0.0778 e. The molecule has 0 atom stereocenters. The summed E-state index contributed by atoms with van der Waals surface area (Å²) >= 11 is 0. The van der Waals surface area contributed by atoms with Crippen LogP contribution in [0.2, 0.25) is 0 Å². The van der Waals surface area contributed by atoms with Crippen molar-refractivity contribution in [1.29, 1.82) is 0 Å². The molecule has 0 aromatic rings. The van der Waals surface area contributed by atoms with Crippen molar-refractivity contribution in [2.24, 2.45) is 11.8 Å². The molecule has 2 N–H and O–H groups in total. The summed E-state index contributed by atoms with van der Waals surface area (Å²) in [5, 5.41) is 2.40. The first kappa shape index (κ1) is 8.96. The maximum atomic E-state index is 2.40. The fourth-order valence-electron chi connectivity index (χ4n) is 0.763. The van der Waals surface area contributed by atoms with Crippen LogP contribution in [0.15, 0.2) is 0 Å². The van der Waals surface area contributed by atoms with E-state index in [1.165, 1.54) is 13.1 Å². The minimum absolute atomic E-state index is 0. The van der Waals surface area contributed by atoms with E-state index in [4.69, 9.17) is 0 Å². The van der Waals surface area contributed by atoms with Crippen LogP contribution in [0.4, 0.5) is 0 Å². The lowest BCUT2D eigenvalue weighted by molar-refractivity contribution is -0.664. The Labute approximate surface area is 60.3 Å². The fourth-order valence-corrected chi connectivity index (χ4v) is 0.763. The first-order valence-electron chi connectivity index (χ1n) is 3.94. The van der Waals surface area contributed by atoms with E-state index in [0.29, 0.717) is 0 Å². The van der Waals surface area contributed by atoms with Gasteiger partial charge in [0.05, 0.1) is 13.1 Å². The molecule has 1 nitrogen and oxygen atoms in total. The van der Waals surface area contributed by atoms with Crippen LogP contribution in [0, 0.1) is 11.8 Å². The topological polar surface area (TPSA) is 16.6 Å². The SMILES string of the molecule is CC(C)C[NH2+]CC(C)C.[H-]. The second-order valence-electron chi connectivity index (χ2n) is 3.55. The zero-order chi connectivity index (χ0) is 7.28. The van der Waals surface area contributed by atoms with Crippen molar-refractivity contribution in [1.82, 2.24) is 0 Å². The predicted octanol–water partition coefficient (Wildman–Crippen LogP) is 0.974. The Balaban J connectivity index is 0. The second kappa shape index (κ2) is 4.80. The molecule has 58 valence electrons. The van der Waals surface area contributed by atoms with Crippen molar-refractivity contribution in [3.63, 3.8) is 0 Å². The Morgan fingerprint density at radius 3 is 1.56 bits per heavy atom. The number of quaternary nitrogens is 1. The molecule has 0 rings (SSSR count). The Morgan fingerprint density at radius 2 is 1.33 bits per heavy atom. The van der Waals surface area contributed by atoms with Gasteiger partial charge < -0.3 is 6.74 Å². The summed E-state index contributed by atoms with van der Waals surface area (Å²) in [7, 11) is 0. The van der Waals surface area contributed by atoms with E-state index in [9.17, 15) is 0 Å². The fraction of sp³-hybridized carbons (Fsp3) is 1.00. The number of rotatable bonds is 4. The Kier molecular flexibility index (Phi) is 4.78. The highest BCUT2D eigenvalue weighted by molar-refractivity contribution is 4.37. The zero-order valence-corrected chi connectivity index (χ0v) is 7.15. The van der Waals surface area contributed by atoms with E-state index in [0.717, 1.165) is 11.8 Å². The average Bonchev–Trinajstić information content (AvgIpc) is 1.63. The van der Waals surface area contributed by atoms with E-state index in [2.05, 4.69) is 33.0 Å². The van der Waals surface area contributed by atoms with Crippen LogP contribution in [-0.4, -0.2) is 13.1 Å². The van der Waals surface area contributed by atoms with Crippen molar-refractivity contribution in [2.75, 3.05) is 13.1 Å². The van der Waals surface area contributed by atoms with Crippen LogP contribution in [0.3, 0.4) is 0 Å². The molecule has 0 saturated carbocycles. The average molecular weight is 131 g/mol. The van der Waals surface area contributed by atoms with Gasteiger partial charge in [-0.2, -0.15) is 0 Å². The first-order chi connectivity index (χ1) is 4.13. The molecule has 0 aliphatic carbocycles. The molecule has 1 heteroatoms. The number of hydrogen-bond acceptors (Lipinski definition) is 0. The molecule has 0 fully saturated rings. The van der Waals surface area contributed by atoms with Crippen molar-refractivity contribution < 1.29 is 6.74 Å². The molecule has 0 radical (unpaired) electrons. The van der Waals surface area contributed by atoms with Gasteiger partial charge in [0.2, 0.25) is 0 Å². The maximum absolute atomic E-state index is 2.40. The van der Waals surface area contributed by atoms with Crippen molar-refractivity contribution in [2.45, 2.75) is 27.7 Å². The molecule has 0 amide bonds. The van der Waals surface area contributed by atoms with Gasteiger partial charge in [-0.1, -0.05) is 27.7 Å². The largest absolute Gasteiger partial charge is 1.00 e. The quantitative estimate of drug-likeness (QED) is 0.585. The molecule has 0 aromatic heterocycles. The normalized spacial score (nSPS) is 11.3. The van der Waals surface area contributed by atoms with Gasteiger partial charge >= 0.3 is 0 Å². The lowest BCUT2D eigenvalue weighted by atomic mass is 10.2. The molecule has 9 heavy (non-hydrogen) atoms. The zero-order valence-electron chi connectivity index (χ0n) is 8.15. The molecular formula is C8H21N. The van der Waals surface area contributed by atoms with E-state index in [-0.39, 0.29) is 1.43 Å². The molecule has 0 aromatic carbocycles. The van der Waals surface area contributed by atoms with Gasteiger partial charge in [-0.15, -0.1) is 0 Å². The van der Waals surface area contributed by atoms with Gasteiger partial charge in [-0.25, -0.2) is 0 Å². The molecule has 0 aliphatic rings. The number of hydrogen-bond donors (Lipinski definition) is 1. The highest BCUT2D eigenvalue weighted by atomic mass is 14.9. The summed E-state index contributed by atoms with van der Waals surface area (Å²) in [5.41, 5.74) is 0. The summed E-state index contributed by atoms with van der Waals surface area (Å²) in [6.45, 7) is 11.6. The van der Waals surface area contributed by atoms with Crippen LogP contribution >= 0.6 is 0 Å². The van der Waals surface area contributed by atoms with Crippen LogP contribution < -0.4 is 5.32 Å². The Bertz CT molecular complexity index is 54.3. The van der Waals surface area contributed by atoms with Gasteiger partial charge in [0.1, 0.15) is 0 Å². The molecule has 0 spiro atoms. The first-order valence-corrected chi connectivity index (χ1v) is 3.94. The van der Waals surface area contributed by atoms with Gasteiger partial charge in [0, 0.05) is 11.8 Å². The minimum atomic E-state index is 0. The van der Waals surface area contributed by atoms with Crippen LogP contribution in [-0.2, 0) is 0 Å². The molecule has 0 unspecified atom stereocenters. The molecule has 0 aliphatic heterocycles. The van der Waals surface area contributed by atoms with Gasteiger partial charge in [0.25, 0.3) is 0 Å². The monoisotopic (exact) mass is 131 g/mol. The van der Waals surface area contributed by atoms with Crippen molar-refractivity contribution >= 4 is 0 Å². The van der Waals surface area contributed by atoms with Crippen molar-refractivity contribution in [3.05, 3.63) is 0 Å². The van der Waals surface area contributed by atoms with Crippen LogP contribution in [0.5, 0.6) is 0 Å².